The Kier molecular flexibility index (Phi) is 6.35. The number of rotatable bonds is 7. The molecular weight excluding hydrogens is 408 g/mol. The first-order valence-electron chi connectivity index (χ1n) is 10.2. The summed E-state index contributed by atoms with van der Waals surface area (Å²) in [5, 5.41) is 13.1. The van der Waals surface area contributed by atoms with E-state index in [2.05, 4.69) is 96.4 Å². The van der Waals surface area contributed by atoms with Gasteiger partial charge in [0.15, 0.2) is 11.0 Å². The zero-order valence-electron chi connectivity index (χ0n) is 17.8. The Morgan fingerprint density at radius 3 is 2.33 bits per heavy atom. The fraction of sp³-hybridized carbons (Fsp3) is 0.292. The van der Waals surface area contributed by atoms with Crippen molar-refractivity contribution >= 4 is 23.1 Å². The van der Waals surface area contributed by atoms with Crippen LogP contribution in [0.2, 0.25) is 0 Å². The van der Waals surface area contributed by atoms with Crippen LogP contribution in [0.15, 0.2) is 59.1 Å². The minimum Gasteiger partial charge on any atom is -0.302 e. The summed E-state index contributed by atoms with van der Waals surface area (Å²) < 4.78 is 2.18. The summed E-state index contributed by atoms with van der Waals surface area (Å²) in [6.07, 6.45) is 0. The Morgan fingerprint density at radius 2 is 1.67 bits per heavy atom. The molecule has 0 unspecified atom stereocenters. The lowest BCUT2D eigenvalue weighted by Gasteiger charge is -2.09. The Bertz CT molecular complexity index is 1110. The van der Waals surface area contributed by atoms with E-state index >= 15 is 0 Å². The fourth-order valence-corrected chi connectivity index (χ4v) is 5.08. The van der Waals surface area contributed by atoms with E-state index in [1.807, 2.05) is 0 Å². The molecule has 0 saturated carbocycles. The molecule has 30 heavy (non-hydrogen) atoms. The highest BCUT2D eigenvalue weighted by molar-refractivity contribution is 7.98. The number of benzene rings is 2. The monoisotopic (exact) mass is 434 g/mol. The lowest BCUT2D eigenvalue weighted by atomic mass is 10.0. The van der Waals surface area contributed by atoms with Crippen LogP contribution in [0.3, 0.4) is 0 Å². The van der Waals surface area contributed by atoms with Crippen molar-refractivity contribution < 1.29 is 0 Å². The Labute approximate surface area is 186 Å². The number of aromatic nitrogens is 4. The second-order valence-electron chi connectivity index (χ2n) is 7.63. The minimum absolute atomic E-state index is 0.525. The number of nitrogens with zero attached hydrogens (tertiary/aromatic N) is 4. The van der Waals surface area contributed by atoms with Gasteiger partial charge in [-0.3, -0.25) is 0 Å². The van der Waals surface area contributed by atoms with Gasteiger partial charge in [0.25, 0.3) is 0 Å². The Morgan fingerprint density at radius 1 is 0.967 bits per heavy atom. The Balaban J connectivity index is 1.48. The maximum absolute atomic E-state index is 4.81. The number of hydrogen-bond donors (Lipinski definition) is 0. The average Bonchev–Trinajstić information content (AvgIpc) is 3.39. The molecule has 4 rings (SSSR count). The molecule has 0 radical (unpaired) electrons. The summed E-state index contributed by atoms with van der Waals surface area (Å²) >= 11 is 3.38. The van der Waals surface area contributed by atoms with Gasteiger partial charge < -0.3 is 4.57 Å². The van der Waals surface area contributed by atoms with Gasteiger partial charge >= 0.3 is 0 Å². The van der Waals surface area contributed by atoms with Crippen LogP contribution >= 0.6 is 23.1 Å². The lowest BCUT2D eigenvalue weighted by Crippen LogP contribution is -2.00. The first-order valence-corrected chi connectivity index (χ1v) is 12.1. The zero-order chi connectivity index (χ0) is 21.1. The van der Waals surface area contributed by atoms with E-state index in [0.717, 1.165) is 39.5 Å². The number of aryl methyl sites for hydroxylation is 1. The predicted molar refractivity (Wildman–Crippen MR) is 127 cm³/mol. The number of thiazole rings is 1. The highest BCUT2D eigenvalue weighted by atomic mass is 32.2. The SMILES string of the molecule is CCn1c(SCc2csc(-c3ccc(C)cc3)n2)nnc1-c1ccc(C(C)C)cc1. The molecule has 0 N–H and O–H groups in total. The first kappa shape index (κ1) is 20.8. The van der Waals surface area contributed by atoms with Crippen molar-refractivity contribution in [3.63, 3.8) is 0 Å². The largest absolute Gasteiger partial charge is 0.302 e. The summed E-state index contributed by atoms with van der Waals surface area (Å²) in [6.45, 7) is 9.49. The molecule has 6 heteroatoms. The predicted octanol–water partition coefficient (Wildman–Crippen LogP) is 6.81. The van der Waals surface area contributed by atoms with Crippen molar-refractivity contribution in [2.75, 3.05) is 0 Å². The van der Waals surface area contributed by atoms with Gasteiger partial charge in [-0.15, -0.1) is 21.5 Å². The molecule has 0 spiro atoms. The van der Waals surface area contributed by atoms with Crippen molar-refractivity contribution in [2.24, 2.45) is 0 Å². The van der Waals surface area contributed by atoms with Crippen LogP contribution in [-0.2, 0) is 12.3 Å². The summed E-state index contributed by atoms with van der Waals surface area (Å²) in [7, 11) is 0. The molecule has 2 aromatic carbocycles. The Hall–Kier alpha value is -2.44. The molecule has 0 saturated heterocycles. The van der Waals surface area contributed by atoms with E-state index < -0.39 is 0 Å². The van der Waals surface area contributed by atoms with E-state index in [-0.39, 0.29) is 0 Å². The van der Waals surface area contributed by atoms with Crippen molar-refractivity contribution in [3.05, 3.63) is 70.7 Å². The normalized spacial score (nSPS) is 11.4. The van der Waals surface area contributed by atoms with Crippen molar-refractivity contribution in [2.45, 2.75) is 51.1 Å². The third-order valence-electron chi connectivity index (χ3n) is 5.07. The number of hydrogen-bond acceptors (Lipinski definition) is 5. The molecule has 0 aliphatic heterocycles. The molecule has 0 atom stereocenters. The van der Waals surface area contributed by atoms with Crippen LogP contribution in [0.5, 0.6) is 0 Å². The van der Waals surface area contributed by atoms with Gasteiger partial charge in [0.1, 0.15) is 5.01 Å². The molecule has 0 fully saturated rings. The molecule has 0 aliphatic carbocycles. The van der Waals surface area contributed by atoms with Crippen LogP contribution in [-0.4, -0.2) is 19.7 Å². The smallest absolute Gasteiger partial charge is 0.191 e. The fourth-order valence-electron chi connectivity index (χ4n) is 3.25. The summed E-state index contributed by atoms with van der Waals surface area (Å²) in [5.74, 6) is 2.23. The maximum atomic E-state index is 4.81. The molecular formula is C24H26N4S2. The standard InChI is InChI=1S/C24H26N4S2/c1-5-28-22(19-12-10-18(11-13-19)16(2)3)26-27-24(28)30-15-21-14-29-23(25-21)20-8-6-17(4)7-9-20/h6-14,16H,5,15H2,1-4H3. The first-order chi connectivity index (χ1) is 14.5. The quantitative estimate of drug-likeness (QED) is 0.300. The van der Waals surface area contributed by atoms with E-state index in [1.54, 1.807) is 23.1 Å². The van der Waals surface area contributed by atoms with Crippen LogP contribution in [0.1, 0.15) is 43.5 Å². The van der Waals surface area contributed by atoms with Crippen molar-refractivity contribution in [1.82, 2.24) is 19.7 Å². The molecule has 154 valence electrons. The molecule has 2 heterocycles. The van der Waals surface area contributed by atoms with Crippen LogP contribution in [0.25, 0.3) is 22.0 Å². The van der Waals surface area contributed by atoms with Gasteiger partial charge in [-0.05, 0) is 25.3 Å². The average molecular weight is 435 g/mol. The van der Waals surface area contributed by atoms with Gasteiger partial charge in [-0.25, -0.2) is 4.98 Å². The highest BCUT2D eigenvalue weighted by Crippen LogP contribution is 2.30. The highest BCUT2D eigenvalue weighted by Gasteiger charge is 2.14. The van der Waals surface area contributed by atoms with Crippen LogP contribution in [0, 0.1) is 6.92 Å². The van der Waals surface area contributed by atoms with Gasteiger partial charge in [-0.1, -0.05) is 79.7 Å². The number of thioether (sulfide) groups is 1. The van der Waals surface area contributed by atoms with Gasteiger partial charge in [-0.2, -0.15) is 0 Å². The minimum atomic E-state index is 0.525. The molecule has 0 bridgehead atoms. The van der Waals surface area contributed by atoms with Crippen LogP contribution < -0.4 is 0 Å². The van der Waals surface area contributed by atoms with E-state index in [0.29, 0.717) is 5.92 Å². The molecule has 0 amide bonds. The molecule has 0 aliphatic rings. The summed E-state index contributed by atoms with van der Waals surface area (Å²) in [4.78, 5) is 4.81. The molecule has 4 aromatic rings. The van der Waals surface area contributed by atoms with Crippen molar-refractivity contribution in [1.29, 1.82) is 0 Å². The second-order valence-corrected chi connectivity index (χ2v) is 9.43. The zero-order valence-corrected chi connectivity index (χ0v) is 19.4. The van der Waals surface area contributed by atoms with Gasteiger partial charge in [0.2, 0.25) is 0 Å². The second kappa shape index (κ2) is 9.14. The van der Waals surface area contributed by atoms with Gasteiger partial charge in [0.05, 0.1) is 5.69 Å². The summed E-state index contributed by atoms with van der Waals surface area (Å²) in [5.41, 5.74) is 5.96. The third-order valence-corrected chi connectivity index (χ3v) is 7.01. The van der Waals surface area contributed by atoms with E-state index in [9.17, 15) is 0 Å². The summed E-state index contributed by atoms with van der Waals surface area (Å²) in [6, 6.07) is 17.2. The van der Waals surface area contributed by atoms with Gasteiger partial charge in [0, 0.05) is 28.8 Å². The maximum Gasteiger partial charge on any atom is 0.191 e. The topological polar surface area (TPSA) is 43.6 Å². The van der Waals surface area contributed by atoms with Crippen molar-refractivity contribution in [3.8, 4) is 22.0 Å². The molecule has 4 nitrogen and oxygen atoms in total. The lowest BCUT2D eigenvalue weighted by molar-refractivity contribution is 0.687. The van der Waals surface area contributed by atoms with Crippen LogP contribution in [0.4, 0.5) is 0 Å². The van der Waals surface area contributed by atoms with E-state index in [4.69, 9.17) is 4.98 Å². The third kappa shape index (κ3) is 4.50. The van der Waals surface area contributed by atoms with E-state index in [1.165, 1.54) is 16.7 Å². The molecule has 2 aromatic heterocycles.